The van der Waals surface area contributed by atoms with Gasteiger partial charge < -0.3 is 14.8 Å². The van der Waals surface area contributed by atoms with Gasteiger partial charge in [0, 0.05) is 5.69 Å². The molecule has 0 atom stereocenters. The van der Waals surface area contributed by atoms with Crippen LogP contribution < -0.4 is 14.8 Å². The first-order chi connectivity index (χ1) is 14.9. The molecule has 0 aliphatic carbocycles. The van der Waals surface area contributed by atoms with Crippen LogP contribution in [0, 0.1) is 20.8 Å². The number of hydrogen-bond donors (Lipinski definition) is 1. The first-order valence-corrected chi connectivity index (χ1v) is 9.95. The van der Waals surface area contributed by atoms with Gasteiger partial charge in [-0.1, -0.05) is 12.1 Å². The highest BCUT2D eigenvalue weighted by Gasteiger charge is 2.12. The van der Waals surface area contributed by atoms with Crippen molar-refractivity contribution in [3.63, 3.8) is 0 Å². The molecule has 0 aliphatic heterocycles. The Morgan fingerprint density at radius 3 is 2.39 bits per heavy atom. The number of rotatable bonds is 6. The van der Waals surface area contributed by atoms with Gasteiger partial charge in [0.2, 0.25) is 0 Å². The van der Waals surface area contributed by atoms with Crippen LogP contribution in [0.5, 0.6) is 11.5 Å². The average molecular weight is 416 g/mol. The Balaban J connectivity index is 1.50. The number of nitrogens with one attached hydrogen (secondary N) is 1. The summed E-state index contributed by atoms with van der Waals surface area (Å²) in [6.07, 6.45) is 0. The summed E-state index contributed by atoms with van der Waals surface area (Å²) in [7, 11) is 1.63. The number of aromatic nitrogens is 3. The summed E-state index contributed by atoms with van der Waals surface area (Å²) in [6, 6.07) is 17.0. The maximum absolute atomic E-state index is 12.5. The van der Waals surface area contributed by atoms with E-state index >= 15 is 0 Å². The van der Waals surface area contributed by atoms with Gasteiger partial charge in [-0.25, -0.2) is 0 Å². The lowest BCUT2D eigenvalue weighted by Gasteiger charge is -2.12. The van der Waals surface area contributed by atoms with Crippen LogP contribution in [-0.2, 0) is 4.79 Å². The zero-order valence-corrected chi connectivity index (χ0v) is 18.0. The van der Waals surface area contributed by atoms with Crippen molar-refractivity contribution < 1.29 is 14.3 Å². The second-order valence-electron chi connectivity index (χ2n) is 7.38. The minimum Gasteiger partial charge on any atom is -0.497 e. The van der Waals surface area contributed by atoms with Crippen LogP contribution >= 0.6 is 0 Å². The molecule has 31 heavy (non-hydrogen) atoms. The standard InChI is InChI=1S/C24H24N4O3/c1-15-6-5-7-23(17(15)3)31-14-24(29)25-20-13-22-21(12-16(20)2)26-28(27-22)18-8-10-19(30-4)11-9-18/h5-13H,14H2,1-4H3,(H,25,29). The Labute approximate surface area is 180 Å². The van der Waals surface area contributed by atoms with Gasteiger partial charge in [0.05, 0.1) is 12.8 Å². The van der Waals surface area contributed by atoms with Gasteiger partial charge in [-0.2, -0.15) is 4.80 Å². The second kappa shape index (κ2) is 8.47. The quantitative estimate of drug-likeness (QED) is 0.505. The fourth-order valence-electron chi connectivity index (χ4n) is 3.24. The zero-order valence-electron chi connectivity index (χ0n) is 18.0. The molecule has 7 nitrogen and oxygen atoms in total. The molecule has 0 unspecified atom stereocenters. The number of benzene rings is 3. The van der Waals surface area contributed by atoms with E-state index in [0.717, 1.165) is 33.6 Å². The van der Waals surface area contributed by atoms with Gasteiger partial charge in [0.15, 0.2) is 6.61 Å². The number of anilines is 1. The molecule has 1 N–H and O–H groups in total. The number of carbonyl (C=O) groups is 1. The third-order valence-corrected chi connectivity index (χ3v) is 5.22. The van der Waals surface area contributed by atoms with E-state index in [0.29, 0.717) is 17.0 Å². The summed E-state index contributed by atoms with van der Waals surface area (Å²) >= 11 is 0. The van der Waals surface area contributed by atoms with Crippen molar-refractivity contribution in [1.29, 1.82) is 0 Å². The van der Waals surface area contributed by atoms with Crippen LogP contribution in [-0.4, -0.2) is 34.6 Å². The average Bonchev–Trinajstić information content (AvgIpc) is 3.17. The highest BCUT2D eigenvalue weighted by molar-refractivity contribution is 5.95. The summed E-state index contributed by atoms with van der Waals surface area (Å²) in [6.45, 7) is 5.85. The van der Waals surface area contributed by atoms with Crippen molar-refractivity contribution in [2.24, 2.45) is 0 Å². The summed E-state index contributed by atoms with van der Waals surface area (Å²) in [5, 5.41) is 12.0. The summed E-state index contributed by atoms with van der Waals surface area (Å²) in [4.78, 5) is 14.0. The van der Waals surface area contributed by atoms with E-state index in [1.54, 1.807) is 11.9 Å². The highest BCUT2D eigenvalue weighted by Crippen LogP contribution is 2.24. The van der Waals surface area contributed by atoms with Gasteiger partial charge >= 0.3 is 0 Å². The van der Waals surface area contributed by atoms with E-state index in [-0.39, 0.29) is 12.5 Å². The number of methoxy groups -OCH3 is 1. The number of fused-ring (bicyclic) bond motifs is 1. The fraction of sp³-hybridized carbons (Fsp3) is 0.208. The maximum Gasteiger partial charge on any atom is 0.262 e. The molecule has 0 fully saturated rings. The van der Waals surface area contributed by atoms with Crippen LogP contribution in [0.4, 0.5) is 5.69 Å². The fourth-order valence-corrected chi connectivity index (χ4v) is 3.24. The van der Waals surface area contributed by atoms with Crippen molar-refractivity contribution in [3.05, 3.63) is 71.3 Å². The number of amides is 1. The zero-order chi connectivity index (χ0) is 22.0. The topological polar surface area (TPSA) is 78.3 Å². The van der Waals surface area contributed by atoms with E-state index in [2.05, 4.69) is 15.5 Å². The number of nitrogens with zero attached hydrogens (tertiary/aromatic N) is 3. The molecule has 1 heterocycles. The Hall–Kier alpha value is -3.87. The Morgan fingerprint density at radius 2 is 1.68 bits per heavy atom. The Bertz CT molecular complexity index is 1250. The van der Waals surface area contributed by atoms with Crippen molar-refractivity contribution in [1.82, 2.24) is 15.0 Å². The molecule has 0 saturated carbocycles. The first-order valence-electron chi connectivity index (χ1n) is 9.95. The summed E-state index contributed by atoms with van der Waals surface area (Å²) in [5.41, 5.74) is 5.99. The Morgan fingerprint density at radius 1 is 0.968 bits per heavy atom. The largest absolute Gasteiger partial charge is 0.497 e. The smallest absolute Gasteiger partial charge is 0.262 e. The monoisotopic (exact) mass is 416 g/mol. The van der Waals surface area contributed by atoms with E-state index < -0.39 is 0 Å². The minimum atomic E-state index is -0.231. The lowest BCUT2D eigenvalue weighted by Crippen LogP contribution is -2.21. The van der Waals surface area contributed by atoms with Gasteiger partial charge in [-0.05, 0) is 79.9 Å². The number of ether oxygens (including phenoxy) is 2. The molecule has 158 valence electrons. The van der Waals surface area contributed by atoms with Crippen LogP contribution in [0.25, 0.3) is 16.7 Å². The molecule has 3 aromatic carbocycles. The van der Waals surface area contributed by atoms with E-state index in [1.165, 1.54) is 0 Å². The molecular weight excluding hydrogens is 392 g/mol. The molecule has 1 amide bonds. The van der Waals surface area contributed by atoms with E-state index in [1.807, 2.05) is 75.4 Å². The molecule has 4 rings (SSSR count). The van der Waals surface area contributed by atoms with Crippen LogP contribution in [0.2, 0.25) is 0 Å². The number of hydrogen-bond acceptors (Lipinski definition) is 5. The highest BCUT2D eigenvalue weighted by atomic mass is 16.5. The van der Waals surface area contributed by atoms with Gasteiger partial charge in [0.1, 0.15) is 22.5 Å². The number of aryl methyl sites for hydroxylation is 2. The molecule has 0 bridgehead atoms. The summed E-state index contributed by atoms with van der Waals surface area (Å²) in [5.74, 6) is 1.25. The number of carbonyl (C=O) groups excluding carboxylic acids is 1. The normalized spacial score (nSPS) is 10.8. The molecule has 0 spiro atoms. The van der Waals surface area contributed by atoms with E-state index in [4.69, 9.17) is 9.47 Å². The van der Waals surface area contributed by atoms with Gasteiger partial charge in [-0.3, -0.25) is 4.79 Å². The third kappa shape index (κ3) is 4.35. The van der Waals surface area contributed by atoms with Crippen molar-refractivity contribution >= 4 is 22.6 Å². The van der Waals surface area contributed by atoms with Crippen LogP contribution in [0.15, 0.2) is 54.6 Å². The van der Waals surface area contributed by atoms with Crippen LogP contribution in [0.3, 0.4) is 0 Å². The third-order valence-electron chi connectivity index (χ3n) is 5.22. The molecule has 7 heteroatoms. The summed E-state index contributed by atoms with van der Waals surface area (Å²) < 4.78 is 10.9. The maximum atomic E-state index is 12.5. The predicted octanol–water partition coefficient (Wildman–Crippen LogP) is 4.37. The Kier molecular flexibility index (Phi) is 5.58. The predicted molar refractivity (Wildman–Crippen MR) is 120 cm³/mol. The lowest BCUT2D eigenvalue weighted by molar-refractivity contribution is -0.118. The van der Waals surface area contributed by atoms with Gasteiger partial charge in [0.25, 0.3) is 5.91 Å². The second-order valence-corrected chi connectivity index (χ2v) is 7.38. The first kappa shape index (κ1) is 20.4. The van der Waals surface area contributed by atoms with Crippen molar-refractivity contribution in [2.75, 3.05) is 19.0 Å². The van der Waals surface area contributed by atoms with Crippen LogP contribution in [0.1, 0.15) is 16.7 Å². The van der Waals surface area contributed by atoms with Crippen molar-refractivity contribution in [3.8, 4) is 17.2 Å². The lowest BCUT2D eigenvalue weighted by atomic mass is 10.1. The SMILES string of the molecule is COc1ccc(-n2nc3cc(C)c(NC(=O)COc4cccc(C)c4C)cc3n2)cc1. The van der Waals surface area contributed by atoms with Crippen molar-refractivity contribution in [2.45, 2.75) is 20.8 Å². The van der Waals surface area contributed by atoms with Gasteiger partial charge in [-0.15, -0.1) is 10.2 Å². The molecule has 0 aliphatic rings. The molecular formula is C24H24N4O3. The minimum absolute atomic E-state index is 0.0691. The molecule has 1 aromatic heterocycles. The molecule has 0 radical (unpaired) electrons. The molecule has 0 saturated heterocycles. The van der Waals surface area contributed by atoms with E-state index in [9.17, 15) is 4.79 Å². The molecule has 4 aromatic rings.